The number of anilines is 1. The number of nitrogens with one attached hydrogen (secondary N) is 1. The maximum absolute atomic E-state index is 13.1. The van der Waals surface area contributed by atoms with Gasteiger partial charge in [-0.05, 0) is 37.6 Å². The van der Waals surface area contributed by atoms with Gasteiger partial charge in [0, 0.05) is 55.9 Å². The van der Waals surface area contributed by atoms with Gasteiger partial charge in [-0.15, -0.1) is 11.3 Å². The highest BCUT2D eigenvalue weighted by Crippen LogP contribution is 2.39. The summed E-state index contributed by atoms with van der Waals surface area (Å²) in [5.41, 5.74) is 5.07. The van der Waals surface area contributed by atoms with Crippen LogP contribution >= 0.6 is 11.3 Å². The zero-order chi connectivity index (χ0) is 23.8. The Morgan fingerprint density at radius 2 is 1.85 bits per heavy atom. The molecule has 3 aromatic heterocycles. The van der Waals surface area contributed by atoms with Crippen molar-refractivity contribution in [3.63, 3.8) is 0 Å². The van der Waals surface area contributed by atoms with Gasteiger partial charge in [0.1, 0.15) is 18.0 Å². The molecule has 1 aliphatic rings. The van der Waals surface area contributed by atoms with Crippen molar-refractivity contribution in [1.29, 1.82) is 0 Å². The Hall–Kier alpha value is -3.53. The number of nitrogens with zero attached hydrogens (tertiary/aromatic N) is 6. The number of aromatic nitrogens is 4. The lowest BCUT2D eigenvalue weighted by molar-refractivity contribution is 0.194. The molecule has 0 radical (unpaired) electrons. The lowest BCUT2D eigenvalue weighted by Gasteiger charge is -2.35. The highest BCUT2D eigenvalue weighted by molar-refractivity contribution is 7.22. The molecular formula is C24H26FN7OS. The minimum Gasteiger partial charge on any atom is -0.352 e. The molecule has 176 valence electrons. The van der Waals surface area contributed by atoms with E-state index in [1.54, 1.807) is 34.7 Å². The van der Waals surface area contributed by atoms with Gasteiger partial charge in [0.15, 0.2) is 0 Å². The SMILES string of the molecule is Cc1nn(C)c(C)c1-c1cc2ncnc(N3CCN(C(=O)NCc4ccc(F)cc4)CC3)c2s1. The first-order chi connectivity index (χ1) is 16.4. The monoisotopic (exact) mass is 479 g/mol. The summed E-state index contributed by atoms with van der Waals surface area (Å²) < 4.78 is 16.0. The third kappa shape index (κ3) is 4.21. The molecule has 1 aliphatic heterocycles. The molecule has 0 unspecified atom stereocenters. The Labute approximate surface area is 201 Å². The number of rotatable bonds is 4. The Bertz CT molecular complexity index is 1340. The zero-order valence-corrected chi connectivity index (χ0v) is 20.2. The highest BCUT2D eigenvalue weighted by Gasteiger charge is 2.24. The van der Waals surface area contributed by atoms with Crippen LogP contribution in [-0.2, 0) is 13.6 Å². The van der Waals surface area contributed by atoms with Crippen LogP contribution in [0.3, 0.4) is 0 Å². The van der Waals surface area contributed by atoms with Crippen molar-refractivity contribution in [1.82, 2.24) is 30.0 Å². The van der Waals surface area contributed by atoms with E-state index in [0.29, 0.717) is 32.7 Å². The summed E-state index contributed by atoms with van der Waals surface area (Å²) in [6, 6.07) is 8.15. The van der Waals surface area contributed by atoms with Gasteiger partial charge in [0.25, 0.3) is 0 Å². The first-order valence-corrected chi connectivity index (χ1v) is 12.0. The van der Waals surface area contributed by atoms with Gasteiger partial charge in [-0.25, -0.2) is 19.2 Å². The van der Waals surface area contributed by atoms with Crippen LogP contribution in [0, 0.1) is 19.7 Å². The minimum absolute atomic E-state index is 0.113. The molecule has 1 saturated heterocycles. The lowest BCUT2D eigenvalue weighted by atomic mass is 10.1. The van der Waals surface area contributed by atoms with Crippen molar-refractivity contribution >= 4 is 33.4 Å². The van der Waals surface area contributed by atoms with Crippen LogP contribution in [0.1, 0.15) is 17.0 Å². The van der Waals surface area contributed by atoms with Gasteiger partial charge in [0.05, 0.1) is 15.9 Å². The van der Waals surface area contributed by atoms with Crippen molar-refractivity contribution < 1.29 is 9.18 Å². The van der Waals surface area contributed by atoms with E-state index in [1.165, 1.54) is 12.1 Å². The predicted molar refractivity (Wildman–Crippen MR) is 132 cm³/mol. The summed E-state index contributed by atoms with van der Waals surface area (Å²) in [7, 11) is 1.96. The number of aryl methyl sites for hydroxylation is 2. The molecular weight excluding hydrogens is 453 g/mol. The van der Waals surface area contributed by atoms with Gasteiger partial charge in [0.2, 0.25) is 0 Å². The predicted octanol–water partition coefficient (Wildman–Crippen LogP) is 3.88. The van der Waals surface area contributed by atoms with Gasteiger partial charge >= 0.3 is 6.03 Å². The number of benzene rings is 1. The van der Waals surface area contributed by atoms with E-state index in [1.807, 2.05) is 18.7 Å². The van der Waals surface area contributed by atoms with Crippen molar-refractivity contribution in [2.24, 2.45) is 7.05 Å². The third-order valence-corrected chi connectivity index (χ3v) is 7.41. The topological polar surface area (TPSA) is 79.2 Å². The van der Waals surface area contributed by atoms with E-state index in [9.17, 15) is 9.18 Å². The molecule has 1 N–H and O–H groups in total. The fourth-order valence-electron chi connectivity index (χ4n) is 4.33. The van der Waals surface area contributed by atoms with Gasteiger partial charge in [-0.3, -0.25) is 4.68 Å². The molecule has 1 aromatic carbocycles. The second-order valence-corrected chi connectivity index (χ2v) is 9.50. The number of piperazine rings is 1. The first kappa shape index (κ1) is 22.3. The average Bonchev–Trinajstić information content (AvgIpc) is 3.37. The molecule has 10 heteroatoms. The quantitative estimate of drug-likeness (QED) is 0.481. The summed E-state index contributed by atoms with van der Waals surface area (Å²) in [5, 5.41) is 7.47. The number of hydrogen-bond acceptors (Lipinski definition) is 6. The van der Waals surface area contributed by atoms with Crippen LogP contribution in [-0.4, -0.2) is 56.9 Å². The number of carbonyl (C=O) groups excluding carboxylic acids is 1. The molecule has 2 amide bonds. The summed E-state index contributed by atoms with van der Waals surface area (Å²) in [6.45, 7) is 7.05. The number of halogens is 1. The van der Waals surface area contributed by atoms with Crippen molar-refractivity contribution in [3.05, 3.63) is 59.4 Å². The lowest BCUT2D eigenvalue weighted by Crippen LogP contribution is -2.51. The van der Waals surface area contributed by atoms with E-state index in [-0.39, 0.29) is 11.8 Å². The van der Waals surface area contributed by atoms with Gasteiger partial charge < -0.3 is 15.1 Å². The molecule has 4 heterocycles. The van der Waals surface area contributed by atoms with Crippen LogP contribution in [0.25, 0.3) is 20.7 Å². The second kappa shape index (κ2) is 9.02. The molecule has 34 heavy (non-hydrogen) atoms. The van der Waals surface area contributed by atoms with E-state index in [2.05, 4.69) is 38.3 Å². The number of carbonyl (C=O) groups is 1. The normalized spacial score (nSPS) is 14.1. The Balaban J connectivity index is 1.28. The molecule has 0 saturated carbocycles. The highest BCUT2D eigenvalue weighted by atomic mass is 32.1. The number of hydrogen-bond donors (Lipinski definition) is 1. The van der Waals surface area contributed by atoms with Crippen LogP contribution in [0.5, 0.6) is 0 Å². The third-order valence-electron chi connectivity index (χ3n) is 6.27. The Morgan fingerprint density at radius 1 is 1.12 bits per heavy atom. The summed E-state index contributed by atoms with van der Waals surface area (Å²) >= 11 is 1.69. The summed E-state index contributed by atoms with van der Waals surface area (Å²) in [6.07, 6.45) is 1.61. The minimum atomic E-state index is -0.284. The summed E-state index contributed by atoms with van der Waals surface area (Å²) in [4.78, 5) is 26.9. The molecule has 8 nitrogen and oxygen atoms in total. The fourth-order valence-corrected chi connectivity index (χ4v) is 5.61. The average molecular weight is 480 g/mol. The largest absolute Gasteiger partial charge is 0.352 e. The fraction of sp³-hybridized carbons (Fsp3) is 0.333. The van der Waals surface area contributed by atoms with Crippen molar-refractivity contribution in [3.8, 4) is 10.4 Å². The molecule has 0 bridgehead atoms. The Morgan fingerprint density at radius 3 is 2.53 bits per heavy atom. The van der Waals surface area contributed by atoms with Crippen molar-refractivity contribution in [2.75, 3.05) is 31.1 Å². The Kier molecular flexibility index (Phi) is 5.91. The maximum atomic E-state index is 13.1. The standard InChI is InChI=1S/C24H26FN7OS/c1-15-21(16(2)30(3)29-15)20-12-19-22(34-20)23(28-14-27-19)31-8-10-32(11-9-31)24(33)26-13-17-4-6-18(25)7-5-17/h4-7,12,14H,8-11,13H2,1-3H3,(H,26,33). The molecule has 4 aromatic rings. The molecule has 0 atom stereocenters. The molecule has 1 fully saturated rings. The molecule has 5 rings (SSSR count). The number of amides is 2. The van der Waals surface area contributed by atoms with Gasteiger partial charge in [-0.2, -0.15) is 5.10 Å². The number of thiophene rings is 1. The van der Waals surface area contributed by atoms with Crippen LogP contribution < -0.4 is 10.2 Å². The zero-order valence-electron chi connectivity index (χ0n) is 19.4. The van der Waals surface area contributed by atoms with Crippen LogP contribution in [0.2, 0.25) is 0 Å². The second-order valence-electron chi connectivity index (χ2n) is 8.45. The van der Waals surface area contributed by atoms with E-state index in [4.69, 9.17) is 0 Å². The van der Waals surface area contributed by atoms with E-state index < -0.39 is 0 Å². The first-order valence-electron chi connectivity index (χ1n) is 11.2. The molecule has 0 aliphatic carbocycles. The number of urea groups is 1. The maximum Gasteiger partial charge on any atom is 0.317 e. The smallest absolute Gasteiger partial charge is 0.317 e. The van der Waals surface area contributed by atoms with Crippen molar-refractivity contribution in [2.45, 2.75) is 20.4 Å². The molecule has 0 spiro atoms. The van der Waals surface area contributed by atoms with Crippen LogP contribution in [0.15, 0.2) is 36.7 Å². The van der Waals surface area contributed by atoms with E-state index >= 15 is 0 Å². The number of fused-ring (bicyclic) bond motifs is 1. The van der Waals surface area contributed by atoms with Gasteiger partial charge in [-0.1, -0.05) is 12.1 Å². The summed E-state index contributed by atoms with van der Waals surface area (Å²) in [5.74, 6) is 0.625. The van der Waals surface area contributed by atoms with Crippen LogP contribution in [0.4, 0.5) is 15.0 Å². The van der Waals surface area contributed by atoms with E-state index in [0.717, 1.165) is 43.4 Å².